The fourth-order valence-electron chi connectivity index (χ4n) is 6.20. The summed E-state index contributed by atoms with van der Waals surface area (Å²) in [6.07, 6.45) is 26.2. The minimum atomic E-state index is -0.285. The largest absolute Gasteiger partial charge is 0.330 e. The quantitative estimate of drug-likeness (QED) is 0.149. The van der Waals surface area contributed by atoms with Gasteiger partial charge >= 0.3 is 0 Å². The normalized spacial score (nSPS) is 16.0. The Bertz CT molecular complexity index is 1710. The second kappa shape index (κ2) is 16.0. The van der Waals surface area contributed by atoms with Crippen LogP contribution in [0.5, 0.6) is 0 Å². The molecule has 44 heavy (non-hydrogen) atoms. The summed E-state index contributed by atoms with van der Waals surface area (Å²) in [4.78, 5) is 0. The summed E-state index contributed by atoms with van der Waals surface area (Å²) in [5.74, 6) is 0. The van der Waals surface area contributed by atoms with Gasteiger partial charge in [0, 0.05) is 17.4 Å². The van der Waals surface area contributed by atoms with Crippen LogP contribution in [-0.2, 0) is 5.41 Å². The van der Waals surface area contributed by atoms with Crippen LogP contribution in [0, 0.1) is 12.3 Å². The van der Waals surface area contributed by atoms with Gasteiger partial charge in [-0.15, -0.1) is 0 Å². The summed E-state index contributed by atoms with van der Waals surface area (Å²) >= 11 is 0. The number of nitrogens with two attached hydrogens (primary N) is 1. The predicted molar refractivity (Wildman–Crippen MR) is 198 cm³/mol. The number of rotatable bonds is 14. The van der Waals surface area contributed by atoms with E-state index in [9.17, 15) is 0 Å². The van der Waals surface area contributed by atoms with E-state index >= 15 is 0 Å². The predicted octanol–water partition coefficient (Wildman–Crippen LogP) is 9.82. The van der Waals surface area contributed by atoms with Crippen LogP contribution in [-0.4, -0.2) is 6.54 Å². The number of allylic oxidation sites excluding steroid dienone is 10. The van der Waals surface area contributed by atoms with E-state index in [0.717, 1.165) is 40.8 Å². The Kier molecular flexibility index (Phi) is 12.5. The van der Waals surface area contributed by atoms with E-state index in [4.69, 9.17) is 5.73 Å². The number of benzene rings is 3. The van der Waals surface area contributed by atoms with Crippen LogP contribution in [0.3, 0.4) is 0 Å². The van der Waals surface area contributed by atoms with Gasteiger partial charge < -0.3 is 5.73 Å². The summed E-state index contributed by atoms with van der Waals surface area (Å²) in [6.45, 7) is 24.3. The molecular weight excluding hydrogens is 530 g/mol. The van der Waals surface area contributed by atoms with Gasteiger partial charge in [-0.1, -0.05) is 149 Å². The Morgan fingerprint density at radius 3 is 2.25 bits per heavy atom. The average molecular weight is 582 g/mol. The van der Waals surface area contributed by atoms with Crippen molar-refractivity contribution in [2.24, 2.45) is 11.1 Å². The highest BCUT2D eigenvalue weighted by molar-refractivity contribution is 5.93. The lowest BCUT2D eigenvalue weighted by Crippen LogP contribution is -2.47. The Balaban J connectivity index is 2.19. The van der Waals surface area contributed by atoms with Crippen molar-refractivity contribution in [2.45, 2.75) is 59.3 Å². The molecule has 3 rings (SSSR count). The second-order valence-electron chi connectivity index (χ2n) is 11.9. The highest BCUT2D eigenvalue weighted by Crippen LogP contribution is 2.49. The number of fused-ring (bicyclic) bond motifs is 1. The van der Waals surface area contributed by atoms with Gasteiger partial charge in [-0.3, -0.25) is 0 Å². The zero-order valence-corrected chi connectivity index (χ0v) is 27.6. The molecule has 1 heteroatoms. The molecule has 0 aliphatic rings. The van der Waals surface area contributed by atoms with Gasteiger partial charge in [0.2, 0.25) is 0 Å². The van der Waals surface area contributed by atoms with Gasteiger partial charge in [-0.25, -0.2) is 0 Å². The van der Waals surface area contributed by atoms with Crippen molar-refractivity contribution in [3.63, 3.8) is 0 Å². The third-order valence-corrected chi connectivity index (χ3v) is 9.13. The van der Waals surface area contributed by atoms with Crippen molar-refractivity contribution in [3.8, 4) is 0 Å². The van der Waals surface area contributed by atoms with Crippen molar-refractivity contribution in [2.75, 3.05) is 6.54 Å². The third-order valence-electron chi connectivity index (χ3n) is 9.13. The summed E-state index contributed by atoms with van der Waals surface area (Å²) in [6, 6.07) is 19.4. The first-order valence-electron chi connectivity index (χ1n) is 15.8. The highest BCUT2D eigenvalue weighted by Gasteiger charge is 2.45. The molecule has 0 spiro atoms. The van der Waals surface area contributed by atoms with Gasteiger partial charge in [-0.2, -0.15) is 0 Å². The molecule has 0 saturated carbocycles. The van der Waals surface area contributed by atoms with Crippen molar-refractivity contribution in [1.82, 2.24) is 0 Å². The molecule has 0 heterocycles. The summed E-state index contributed by atoms with van der Waals surface area (Å²) in [7, 11) is 0. The third kappa shape index (κ3) is 7.47. The molecule has 3 aromatic rings. The molecule has 0 bridgehead atoms. The first-order chi connectivity index (χ1) is 21.2. The van der Waals surface area contributed by atoms with Crippen LogP contribution in [0.4, 0.5) is 0 Å². The van der Waals surface area contributed by atoms with Crippen molar-refractivity contribution < 1.29 is 0 Å². The first-order valence-corrected chi connectivity index (χ1v) is 15.8. The standard InChI is InChI=1S/C43H51N/c1-9-12-14-15-21-29-43(37-22-17-16-18-23-37,42(8,32-44)28-11-3)30-27-33(4)34(5)31-41-36(7)35(6)38(24-13-10-2)39-25-19-20-26-40(39)41/h9,11-28,31H,1,5,7,10,29-30,32,44H2,2-4,6,8H3/b14-12-,21-15-,24-13-,28-11-,33-27+,41-31+. The molecule has 2 unspecified atom stereocenters. The maximum atomic E-state index is 6.60. The molecule has 0 aliphatic carbocycles. The first kappa shape index (κ1) is 34.3. The monoisotopic (exact) mass is 581 g/mol. The molecular formula is C43H51N. The van der Waals surface area contributed by atoms with Crippen LogP contribution in [0.15, 0.2) is 134 Å². The van der Waals surface area contributed by atoms with Crippen LogP contribution < -0.4 is 16.2 Å². The molecule has 228 valence electrons. The zero-order valence-electron chi connectivity index (χ0n) is 27.6. The summed E-state index contributed by atoms with van der Waals surface area (Å²) < 4.78 is 0. The van der Waals surface area contributed by atoms with E-state index < -0.39 is 0 Å². The van der Waals surface area contributed by atoms with Crippen LogP contribution in [0.25, 0.3) is 29.5 Å². The fourth-order valence-corrected chi connectivity index (χ4v) is 6.20. The lowest BCUT2D eigenvalue weighted by molar-refractivity contribution is 0.206. The van der Waals surface area contributed by atoms with Gasteiger partial charge in [0.05, 0.1) is 0 Å². The van der Waals surface area contributed by atoms with Crippen LogP contribution in [0.2, 0.25) is 0 Å². The average Bonchev–Trinajstić information content (AvgIpc) is 3.04. The van der Waals surface area contributed by atoms with Gasteiger partial charge in [0.25, 0.3) is 0 Å². The molecule has 0 aromatic heterocycles. The molecule has 3 aromatic carbocycles. The Morgan fingerprint density at radius 2 is 1.61 bits per heavy atom. The number of hydrogen-bond donors (Lipinski definition) is 1. The highest BCUT2D eigenvalue weighted by atomic mass is 14.6. The maximum absolute atomic E-state index is 6.60. The fraction of sp³-hybridized carbons (Fsp3) is 0.256. The van der Waals surface area contributed by atoms with Gasteiger partial charge in [-0.05, 0) is 95.2 Å². The van der Waals surface area contributed by atoms with Crippen molar-refractivity contribution >= 4 is 29.5 Å². The molecule has 0 amide bonds. The molecule has 2 N–H and O–H groups in total. The Labute approximate surface area is 266 Å². The van der Waals surface area contributed by atoms with E-state index in [1.54, 1.807) is 6.08 Å². The lowest BCUT2D eigenvalue weighted by Gasteiger charge is -2.47. The van der Waals surface area contributed by atoms with E-state index in [0.29, 0.717) is 6.54 Å². The minimum Gasteiger partial charge on any atom is -0.330 e. The van der Waals surface area contributed by atoms with E-state index in [2.05, 4.69) is 158 Å². The zero-order chi connectivity index (χ0) is 32.2. The maximum Gasteiger partial charge on any atom is 0.0122 e. The molecule has 0 aliphatic heterocycles. The topological polar surface area (TPSA) is 26.0 Å². The lowest BCUT2D eigenvalue weighted by atomic mass is 9.57. The van der Waals surface area contributed by atoms with Crippen molar-refractivity contribution in [3.05, 3.63) is 161 Å². The summed E-state index contributed by atoms with van der Waals surface area (Å²) in [5, 5.41) is 4.63. The van der Waals surface area contributed by atoms with Crippen LogP contribution >= 0.6 is 0 Å². The smallest absolute Gasteiger partial charge is 0.0122 e. The number of hydrogen-bond acceptors (Lipinski definition) is 1. The molecule has 0 fully saturated rings. The summed E-state index contributed by atoms with van der Waals surface area (Å²) in [5.41, 5.74) is 11.9. The molecule has 2 atom stereocenters. The van der Waals surface area contributed by atoms with Crippen LogP contribution in [0.1, 0.15) is 63.6 Å². The van der Waals surface area contributed by atoms with E-state index in [-0.39, 0.29) is 10.8 Å². The Morgan fingerprint density at radius 1 is 0.932 bits per heavy atom. The molecule has 1 nitrogen and oxygen atoms in total. The van der Waals surface area contributed by atoms with E-state index in [1.807, 2.05) is 12.2 Å². The SMILES string of the molecule is C=C/C=C\C=C/CC(C/C=C(\C)C(=C)/C=c1\c(=C)c(C)c(/C=C\CC)c2ccccc12)(c1ccccc1)C(C)(/C=C\C)CN. The molecule has 0 saturated heterocycles. The Hall–Kier alpha value is -4.20. The second-order valence-corrected chi connectivity index (χ2v) is 11.9. The van der Waals surface area contributed by atoms with Gasteiger partial charge in [0.1, 0.15) is 0 Å². The van der Waals surface area contributed by atoms with Crippen molar-refractivity contribution in [1.29, 1.82) is 0 Å². The van der Waals surface area contributed by atoms with Gasteiger partial charge in [0.15, 0.2) is 0 Å². The minimum absolute atomic E-state index is 0.274. The molecule has 0 radical (unpaired) electrons. The van der Waals surface area contributed by atoms with E-state index in [1.165, 1.54) is 27.5 Å².